The van der Waals surface area contributed by atoms with Crippen molar-refractivity contribution in [1.82, 2.24) is 0 Å². The molecule has 186 valence electrons. The van der Waals surface area contributed by atoms with Crippen molar-refractivity contribution in [2.75, 3.05) is 6.61 Å². The molecule has 0 aliphatic heterocycles. The molecule has 0 aromatic rings. The van der Waals surface area contributed by atoms with Gasteiger partial charge in [0.1, 0.15) is 0 Å². The first-order chi connectivity index (χ1) is 14.9. The summed E-state index contributed by atoms with van der Waals surface area (Å²) in [5, 5.41) is 33.1. The monoisotopic (exact) mass is 474 g/mol. The summed E-state index contributed by atoms with van der Waals surface area (Å²) in [6.07, 6.45) is 6.26. The third-order valence-corrected chi connectivity index (χ3v) is 11.0. The molecule has 0 amide bonds. The lowest BCUT2D eigenvalue weighted by Gasteiger charge is -2.63. The largest absolute Gasteiger partial charge is 0.397 e. The van der Waals surface area contributed by atoms with Crippen LogP contribution in [0.1, 0.15) is 78.6 Å². The van der Waals surface area contributed by atoms with Gasteiger partial charge in [0.15, 0.2) is 0 Å². The van der Waals surface area contributed by atoms with Crippen LogP contribution in [0.25, 0.3) is 0 Å². The zero-order valence-corrected chi connectivity index (χ0v) is 20.5. The maximum Gasteiger partial charge on any atom is 0.397 e. The fourth-order valence-electron chi connectivity index (χ4n) is 8.90. The molecule has 0 aromatic heterocycles. The van der Waals surface area contributed by atoms with E-state index in [-0.39, 0.29) is 53.3 Å². The van der Waals surface area contributed by atoms with Crippen molar-refractivity contribution in [3.63, 3.8) is 0 Å². The van der Waals surface area contributed by atoms with E-state index in [1.54, 1.807) is 0 Å². The normalized spacial score (nSPS) is 49.7. The van der Waals surface area contributed by atoms with E-state index in [2.05, 4.69) is 25.0 Å². The smallest absolute Gasteiger partial charge is 0.393 e. The maximum absolute atomic E-state index is 11.6. The van der Waals surface area contributed by atoms with Gasteiger partial charge in [-0.2, -0.15) is 8.42 Å². The van der Waals surface area contributed by atoms with Crippen LogP contribution in [0, 0.1) is 46.3 Å². The van der Waals surface area contributed by atoms with E-state index < -0.39 is 16.5 Å². The Bertz CT molecular complexity index is 787. The number of fused-ring (bicyclic) bond motifs is 5. The Kier molecular flexibility index (Phi) is 6.80. The number of hydrogen-bond donors (Lipinski definition) is 4. The molecule has 0 aromatic carbocycles. The second-order valence-corrected chi connectivity index (χ2v) is 13.0. The first-order valence-electron chi connectivity index (χ1n) is 12.5. The van der Waals surface area contributed by atoms with Gasteiger partial charge in [-0.1, -0.05) is 20.8 Å². The van der Waals surface area contributed by atoms with Gasteiger partial charge in [-0.25, -0.2) is 4.18 Å². The van der Waals surface area contributed by atoms with E-state index in [0.717, 1.165) is 44.9 Å². The summed E-state index contributed by atoms with van der Waals surface area (Å²) in [4.78, 5) is 0. The quantitative estimate of drug-likeness (QED) is 0.344. The van der Waals surface area contributed by atoms with E-state index in [1.165, 1.54) is 0 Å². The highest BCUT2D eigenvalue weighted by atomic mass is 32.3. The molecule has 0 radical (unpaired) electrons. The molecule has 4 fully saturated rings. The Morgan fingerprint density at radius 2 is 1.75 bits per heavy atom. The molecule has 7 nitrogen and oxygen atoms in total. The average Bonchev–Trinajstić information content (AvgIpc) is 3.05. The maximum atomic E-state index is 11.6. The van der Waals surface area contributed by atoms with Gasteiger partial charge in [0.05, 0.1) is 24.9 Å². The number of aliphatic hydroxyl groups is 3. The van der Waals surface area contributed by atoms with E-state index in [9.17, 15) is 23.7 Å². The Morgan fingerprint density at radius 3 is 2.44 bits per heavy atom. The minimum Gasteiger partial charge on any atom is -0.393 e. The van der Waals surface area contributed by atoms with Gasteiger partial charge >= 0.3 is 10.4 Å². The van der Waals surface area contributed by atoms with Crippen LogP contribution in [-0.4, -0.2) is 53.2 Å². The van der Waals surface area contributed by atoms with Crippen molar-refractivity contribution in [1.29, 1.82) is 0 Å². The summed E-state index contributed by atoms with van der Waals surface area (Å²) in [6.45, 7) is 6.69. The van der Waals surface area contributed by atoms with Gasteiger partial charge in [0.2, 0.25) is 0 Å². The van der Waals surface area contributed by atoms with Crippen molar-refractivity contribution in [2.24, 2.45) is 46.3 Å². The minimum atomic E-state index is -4.40. The molecule has 8 heteroatoms. The first-order valence-corrected chi connectivity index (χ1v) is 13.9. The molecule has 4 aliphatic rings. The van der Waals surface area contributed by atoms with Crippen LogP contribution in [0.3, 0.4) is 0 Å². The highest BCUT2D eigenvalue weighted by molar-refractivity contribution is 7.80. The fraction of sp³-hybridized carbons (Fsp3) is 1.00. The molecule has 11 unspecified atom stereocenters. The molecule has 0 bridgehead atoms. The van der Waals surface area contributed by atoms with Gasteiger partial charge in [0, 0.05) is 0 Å². The van der Waals surface area contributed by atoms with Crippen LogP contribution in [0.5, 0.6) is 0 Å². The standard InChI is InChI=1S/C24H42O7S/c1-14(5-4-10-31-32(28,29)30)17-6-7-18-22-19(13-21(27)24(17,18)3)23(2)9-8-16(25)11-15(23)12-20(22)26/h14-22,25-27H,4-13H2,1-3H3,(H,28,29,30). The fourth-order valence-corrected chi connectivity index (χ4v) is 9.23. The van der Waals surface area contributed by atoms with Crippen molar-refractivity contribution >= 4 is 10.4 Å². The number of aliphatic hydroxyl groups excluding tert-OH is 3. The van der Waals surface area contributed by atoms with Gasteiger partial charge in [-0.3, -0.25) is 4.55 Å². The van der Waals surface area contributed by atoms with Gasteiger partial charge < -0.3 is 15.3 Å². The Morgan fingerprint density at radius 1 is 1.03 bits per heavy atom. The van der Waals surface area contributed by atoms with E-state index in [1.807, 2.05) is 0 Å². The second kappa shape index (κ2) is 8.76. The third kappa shape index (κ3) is 4.17. The van der Waals surface area contributed by atoms with E-state index in [4.69, 9.17) is 4.55 Å². The molecule has 4 saturated carbocycles. The van der Waals surface area contributed by atoms with Crippen LogP contribution in [0.15, 0.2) is 0 Å². The molecule has 4 rings (SSSR count). The molecule has 32 heavy (non-hydrogen) atoms. The summed E-state index contributed by atoms with van der Waals surface area (Å²) in [5.41, 5.74) is -0.189. The second-order valence-electron chi connectivity index (χ2n) is 11.9. The zero-order valence-electron chi connectivity index (χ0n) is 19.7. The summed E-state index contributed by atoms with van der Waals surface area (Å²) in [5.74, 6) is 1.67. The van der Waals surface area contributed by atoms with Crippen molar-refractivity contribution in [3.8, 4) is 0 Å². The lowest BCUT2D eigenvalue weighted by atomic mass is 9.43. The molecule has 4 aliphatic carbocycles. The van der Waals surface area contributed by atoms with Gasteiger partial charge in [-0.15, -0.1) is 0 Å². The SMILES string of the molecule is CC(CCCOS(=O)(=O)O)C1CCC2C3C(O)CC4CC(O)CCC4(C)C3CC(O)C12C. The van der Waals surface area contributed by atoms with Crippen LogP contribution < -0.4 is 0 Å². The zero-order chi connectivity index (χ0) is 23.5. The molecule has 0 spiro atoms. The average molecular weight is 475 g/mol. The summed E-state index contributed by atoms with van der Waals surface area (Å²) >= 11 is 0. The predicted molar refractivity (Wildman–Crippen MR) is 120 cm³/mol. The molecule has 0 heterocycles. The minimum absolute atomic E-state index is 0.0341. The topological polar surface area (TPSA) is 124 Å². The Balaban J connectivity index is 1.50. The molecule has 11 atom stereocenters. The van der Waals surface area contributed by atoms with Crippen LogP contribution >= 0.6 is 0 Å². The van der Waals surface area contributed by atoms with Gasteiger partial charge in [0.25, 0.3) is 0 Å². The number of rotatable bonds is 6. The highest BCUT2D eigenvalue weighted by Crippen LogP contribution is 2.68. The predicted octanol–water partition coefficient (Wildman–Crippen LogP) is 3.18. The Labute approximate surface area is 192 Å². The van der Waals surface area contributed by atoms with Crippen LogP contribution in [0.2, 0.25) is 0 Å². The Hall–Kier alpha value is -0.250. The summed E-state index contributed by atoms with van der Waals surface area (Å²) < 4.78 is 34.8. The highest BCUT2D eigenvalue weighted by Gasteiger charge is 2.65. The lowest BCUT2D eigenvalue weighted by molar-refractivity contribution is -0.207. The molecule has 0 saturated heterocycles. The van der Waals surface area contributed by atoms with Gasteiger partial charge in [-0.05, 0) is 104 Å². The van der Waals surface area contributed by atoms with E-state index >= 15 is 0 Å². The molecular weight excluding hydrogens is 432 g/mol. The number of hydrogen-bond acceptors (Lipinski definition) is 6. The van der Waals surface area contributed by atoms with Crippen molar-refractivity contribution < 1.29 is 32.5 Å². The lowest BCUT2D eigenvalue weighted by Crippen LogP contribution is -2.62. The first kappa shape index (κ1) is 24.9. The third-order valence-electron chi connectivity index (χ3n) is 10.6. The van der Waals surface area contributed by atoms with Crippen LogP contribution in [-0.2, 0) is 14.6 Å². The van der Waals surface area contributed by atoms with E-state index in [0.29, 0.717) is 24.7 Å². The molecular formula is C24H42O7S. The summed E-state index contributed by atoms with van der Waals surface area (Å²) in [7, 11) is -4.40. The molecule has 4 N–H and O–H groups in total. The summed E-state index contributed by atoms with van der Waals surface area (Å²) in [6, 6.07) is 0. The van der Waals surface area contributed by atoms with Crippen molar-refractivity contribution in [2.45, 2.75) is 96.9 Å². The van der Waals surface area contributed by atoms with Crippen molar-refractivity contribution in [3.05, 3.63) is 0 Å². The van der Waals surface area contributed by atoms with Crippen LogP contribution in [0.4, 0.5) is 0 Å².